The van der Waals surface area contributed by atoms with E-state index in [1.54, 1.807) is 11.1 Å². The Morgan fingerprint density at radius 2 is 2.17 bits per heavy atom. The summed E-state index contributed by atoms with van der Waals surface area (Å²) < 4.78 is 30.9. The minimum atomic E-state index is -2.51. The first-order chi connectivity index (χ1) is 11.6. The molecule has 0 fully saturated rings. The molecule has 0 radical (unpaired) electrons. The number of carbonyl (C=O) groups excluding carboxylic acids is 1. The van der Waals surface area contributed by atoms with E-state index in [2.05, 4.69) is 5.10 Å². The standard InChI is InChI=1S/C17H19F2N3O2/c18-16(19)12-24-9-6-17(23)21-11-14(22-8-3-7-20-22)10-13-4-1-2-5-15(13)21/h1-5,7-8,14,16H,6,9-12H2. The number of benzene rings is 1. The molecule has 2 aromatic rings. The summed E-state index contributed by atoms with van der Waals surface area (Å²) >= 11 is 0. The molecule has 1 atom stereocenters. The molecule has 0 spiro atoms. The number of amides is 1. The van der Waals surface area contributed by atoms with Gasteiger partial charge in [0.15, 0.2) is 0 Å². The van der Waals surface area contributed by atoms with Crippen LogP contribution >= 0.6 is 0 Å². The zero-order valence-corrected chi connectivity index (χ0v) is 13.1. The zero-order chi connectivity index (χ0) is 16.9. The third kappa shape index (κ3) is 3.79. The van der Waals surface area contributed by atoms with Crippen LogP contribution in [0.3, 0.4) is 0 Å². The predicted octanol–water partition coefficient (Wildman–Crippen LogP) is 2.69. The Balaban J connectivity index is 1.71. The number of nitrogens with zero attached hydrogens (tertiary/aromatic N) is 3. The molecule has 0 saturated carbocycles. The summed E-state index contributed by atoms with van der Waals surface area (Å²) in [5, 5.41) is 4.27. The molecule has 1 aliphatic rings. The van der Waals surface area contributed by atoms with Crippen LogP contribution in [0.15, 0.2) is 42.7 Å². The van der Waals surface area contributed by atoms with E-state index in [9.17, 15) is 13.6 Å². The van der Waals surface area contributed by atoms with Gasteiger partial charge in [-0.25, -0.2) is 8.78 Å². The fourth-order valence-corrected chi connectivity index (χ4v) is 2.95. The highest BCUT2D eigenvalue weighted by Gasteiger charge is 2.29. The van der Waals surface area contributed by atoms with Crippen molar-refractivity contribution in [2.45, 2.75) is 25.3 Å². The summed E-state index contributed by atoms with van der Waals surface area (Å²) in [6.45, 7) is -0.138. The molecule has 5 nitrogen and oxygen atoms in total. The number of aromatic nitrogens is 2. The van der Waals surface area contributed by atoms with E-state index < -0.39 is 13.0 Å². The van der Waals surface area contributed by atoms with Crippen LogP contribution in [0.25, 0.3) is 0 Å². The van der Waals surface area contributed by atoms with E-state index in [0.29, 0.717) is 6.54 Å². The molecule has 0 aliphatic carbocycles. The smallest absolute Gasteiger partial charge is 0.261 e. The number of alkyl halides is 2. The van der Waals surface area contributed by atoms with Crippen molar-refractivity contribution in [2.24, 2.45) is 0 Å². The Bertz CT molecular complexity index is 676. The van der Waals surface area contributed by atoms with Gasteiger partial charge in [-0.2, -0.15) is 5.10 Å². The summed E-state index contributed by atoms with van der Waals surface area (Å²) in [5.41, 5.74) is 1.95. The van der Waals surface area contributed by atoms with Crippen LogP contribution in [0, 0.1) is 0 Å². The summed E-state index contributed by atoms with van der Waals surface area (Å²) in [4.78, 5) is 14.3. The van der Waals surface area contributed by atoms with E-state index in [4.69, 9.17) is 4.74 Å². The third-order valence-electron chi connectivity index (χ3n) is 4.04. The van der Waals surface area contributed by atoms with Gasteiger partial charge in [0.1, 0.15) is 6.61 Å². The van der Waals surface area contributed by atoms with Crippen molar-refractivity contribution in [1.82, 2.24) is 9.78 Å². The molecule has 3 rings (SSSR count). The van der Waals surface area contributed by atoms with Crippen LogP contribution in [0.2, 0.25) is 0 Å². The molecule has 0 N–H and O–H groups in total. The van der Waals surface area contributed by atoms with Gasteiger partial charge in [-0.3, -0.25) is 9.48 Å². The Hall–Kier alpha value is -2.28. The second-order valence-corrected chi connectivity index (χ2v) is 5.69. The van der Waals surface area contributed by atoms with Crippen LogP contribution in [0.5, 0.6) is 0 Å². The van der Waals surface area contributed by atoms with Crippen molar-refractivity contribution in [3.8, 4) is 0 Å². The maximum absolute atomic E-state index is 12.5. The lowest BCUT2D eigenvalue weighted by Gasteiger charge is -2.34. The molecular weight excluding hydrogens is 316 g/mol. The first kappa shape index (κ1) is 16.6. The van der Waals surface area contributed by atoms with E-state index in [1.807, 2.05) is 41.2 Å². The quantitative estimate of drug-likeness (QED) is 0.763. The van der Waals surface area contributed by atoms with E-state index >= 15 is 0 Å². The molecule has 128 valence electrons. The number of ether oxygens (including phenoxy) is 1. The van der Waals surface area contributed by atoms with Gasteiger partial charge >= 0.3 is 0 Å². The lowest BCUT2D eigenvalue weighted by Crippen LogP contribution is -2.41. The normalized spacial score (nSPS) is 17.1. The Morgan fingerprint density at radius 1 is 1.33 bits per heavy atom. The van der Waals surface area contributed by atoms with Crippen molar-refractivity contribution >= 4 is 11.6 Å². The van der Waals surface area contributed by atoms with Gasteiger partial charge in [-0.05, 0) is 24.1 Å². The molecule has 1 aromatic heterocycles. The monoisotopic (exact) mass is 335 g/mol. The molecule has 0 bridgehead atoms. The lowest BCUT2D eigenvalue weighted by molar-refractivity contribution is -0.120. The average molecular weight is 335 g/mol. The van der Waals surface area contributed by atoms with Gasteiger partial charge < -0.3 is 9.64 Å². The van der Waals surface area contributed by atoms with Gasteiger partial charge in [0.05, 0.1) is 19.1 Å². The molecule has 7 heteroatoms. The highest BCUT2D eigenvalue weighted by Crippen LogP contribution is 2.31. The number of anilines is 1. The topological polar surface area (TPSA) is 47.4 Å². The molecular formula is C17H19F2N3O2. The van der Waals surface area contributed by atoms with Crippen molar-refractivity contribution < 1.29 is 18.3 Å². The second kappa shape index (κ2) is 7.53. The minimum Gasteiger partial charge on any atom is -0.375 e. The van der Waals surface area contributed by atoms with Crippen molar-refractivity contribution in [2.75, 3.05) is 24.7 Å². The highest BCUT2D eigenvalue weighted by molar-refractivity contribution is 5.94. The van der Waals surface area contributed by atoms with Crippen LogP contribution < -0.4 is 4.90 Å². The van der Waals surface area contributed by atoms with E-state index in [0.717, 1.165) is 17.7 Å². The molecule has 0 saturated heterocycles. The summed E-state index contributed by atoms with van der Waals surface area (Å²) in [6.07, 6.45) is 1.95. The van der Waals surface area contributed by atoms with Crippen molar-refractivity contribution in [1.29, 1.82) is 0 Å². The zero-order valence-electron chi connectivity index (χ0n) is 13.1. The maximum atomic E-state index is 12.5. The second-order valence-electron chi connectivity index (χ2n) is 5.69. The molecule has 1 aromatic carbocycles. The van der Waals surface area contributed by atoms with Gasteiger partial charge in [0.2, 0.25) is 5.91 Å². The first-order valence-corrected chi connectivity index (χ1v) is 7.88. The molecule has 24 heavy (non-hydrogen) atoms. The average Bonchev–Trinajstić information content (AvgIpc) is 3.12. The minimum absolute atomic E-state index is 0.00568. The molecule has 1 aliphatic heterocycles. The summed E-state index contributed by atoms with van der Waals surface area (Å²) in [7, 11) is 0. The SMILES string of the molecule is O=C(CCOCC(F)F)N1CC(n2cccn2)Cc2ccccc21. The van der Waals surface area contributed by atoms with Gasteiger partial charge in [0, 0.05) is 24.6 Å². The number of rotatable bonds is 6. The number of fused-ring (bicyclic) bond motifs is 1. The molecule has 1 amide bonds. The van der Waals surface area contributed by atoms with E-state index in [1.165, 1.54) is 0 Å². The maximum Gasteiger partial charge on any atom is 0.261 e. The summed E-state index contributed by atoms with van der Waals surface area (Å²) in [6, 6.07) is 9.65. The molecule has 2 heterocycles. The fraction of sp³-hybridized carbons (Fsp3) is 0.412. The van der Waals surface area contributed by atoms with Crippen molar-refractivity contribution in [3.63, 3.8) is 0 Å². The number of hydrogen-bond acceptors (Lipinski definition) is 3. The Morgan fingerprint density at radius 3 is 2.92 bits per heavy atom. The van der Waals surface area contributed by atoms with Crippen LogP contribution in [-0.2, 0) is 16.0 Å². The lowest BCUT2D eigenvalue weighted by atomic mass is 9.97. The van der Waals surface area contributed by atoms with Crippen LogP contribution in [-0.4, -0.2) is 41.9 Å². The van der Waals surface area contributed by atoms with Gasteiger partial charge in [0.25, 0.3) is 6.43 Å². The van der Waals surface area contributed by atoms with Crippen molar-refractivity contribution in [3.05, 3.63) is 48.3 Å². The predicted molar refractivity (Wildman–Crippen MR) is 85.2 cm³/mol. The number of carbonyl (C=O) groups is 1. The molecule has 1 unspecified atom stereocenters. The number of hydrogen-bond donors (Lipinski definition) is 0. The Kier molecular flexibility index (Phi) is 5.20. The fourth-order valence-electron chi connectivity index (χ4n) is 2.95. The summed E-state index contributed by atoms with van der Waals surface area (Å²) in [5.74, 6) is -0.131. The third-order valence-corrected chi connectivity index (χ3v) is 4.04. The largest absolute Gasteiger partial charge is 0.375 e. The van der Waals surface area contributed by atoms with Gasteiger partial charge in [-0.1, -0.05) is 18.2 Å². The van der Waals surface area contributed by atoms with Crippen LogP contribution in [0.4, 0.5) is 14.5 Å². The highest BCUT2D eigenvalue weighted by atomic mass is 19.3. The van der Waals surface area contributed by atoms with E-state index in [-0.39, 0.29) is 25.0 Å². The first-order valence-electron chi connectivity index (χ1n) is 7.88. The van der Waals surface area contributed by atoms with Crippen LogP contribution in [0.1, 0.15) is 18.0 Å². The number of halogens is 2. The Labute approximate surface area is 138 Å². The van der Waals surface area contributed by atoms with Gasteiger partial charge in [-0.15, -0.1) is 0 Å². The number of para-hydroxylation sites is 1.